The number of carbonyl (C=O) groups is 1. The van der Waals surface area contributed by atoms with Crippen molar-refractivity contribution in [2.24, 2.45) is 0 Å². The van der Waals surface area contributed by atoms with Gasteiger partial charge in [-0.2, -0.15) is 22.0 Å². The van der Waals surface area contributed by atoms with Gasteiger partial charge in [0.1, 0.15) is 5.75 Å². The Morgan fingerprint density at radius 3 is 2.29 bits per heavy atom. The molecule has 0 N–H and O–H groups in total. The number of alkyl halides is 5. The van der Waals surface area contributed by atoms with Gasteiger partial charge in [0.15, 0.2) is 0 Å². The van der Waals surface area contributed by atoms with E-state index in [2.05, 4.69) is 4.74 Å². The average Bonchev–Trinajstić information content (AvgIpc) is 2.67. The molecular weight excluding hydrogens is 383 g/mol. The number of carbonyl (C=O) groups excluding carboxylic acids is 1. The normalized spacial score (nSPS) is 15.1. The standard InChI is InChI=1S/C19H17F5N2O2/c20-18(21)28-16-6-1-3-13(11-16)17(27)26-9-7-25(8-10-26)15-5-2-4-14(12-15)19(22,23)24/h1-6,11-12,18H,7-10H2. The Hall–Kier alpha value is -2.84. The van der Waals surface area contributed by atoms with Gasteiger partial charge >= 0.3 is 12.8 Å². The summed E-state index contributed by atoms with van der Waals surface area (Å²) in [4.78, 5) is 15.9. The van der Waals surface area contributed by atoms with Crippen molar-refractivity contribution in [3.05, 3.63) is 59.7 Å². The minimum atomic E-state index is -4.42. The van der Waals surface area contributed by atoms with E-state index in [4.69, 9.17) is 0 Å². The molecule has 150 valence electrons. The number of rotatable bonds is 4. The van der Waals surface area contributed by atoms with Crippen LogP contribution < -0.4 is 9.64 Å². The first-order chi connectivity index (χ1) is 13.2. The van der Waals surface area contributed by atoms with Gasteiger partial charge in [0.25, 0.3) is 5.91 Å². The van der Waals surface area contributed by atoms with Crippen molar-refractivity contribution in [1.82, 2.24) is 4.90 Å². The smallest absolute Gasteiger partial charge is 0.416 e. The SMILES string of the molecule is O=C(c1cccc(OC(F)F)c1)N1CCN(c2cccc(C(F)(F)F)c2)CC1. The first-order valence-corrected chi connectivity index (χ1v) is 8.50. The number of halogens is 5. The Balaban J connectivity index is 1.65. The van der Waals surface area contributed by atoms with Crippen LogP contribution in [-0.4, -0.2) is 43.6 Å². The fourth-order valence-corrected chi connectivity index (χ4v) is 3.03. The molecule has 1 fully saturated rings. The van der Waals surface area contributed by atoms with E-state index >= 15 is 0 Å². The zero-order valence-electron chi connectivity index (χ0n) is 14.6. The second-order valence-corrected chi connectivity index (χ2v) is 6.23. The van der Waals surface area contributed by atoms with Crippen LogP contribution in [0.5, 0.6) is 5.75 Å². The van der Waals surface area contributed by atoms with Crippen LogP contribution in [0.4, 0.5) is 27.6 Å². The first-order valence-electron chi connectivity index (χ1n) is 8.50. The maximum Gasteiger partial charge on any atom is 0.416 e. The van der Waals surface area contributed by atoms with E-state index in [0.717, 1.165) is 12.1 Å². The van der Waals surface area contributed by atoms with E-state index in [0.29, 0.717) is 31.9 Å². The van der Waals surface area contributed by atoms with E-state index in [9.17, 15) is 26.7 Å². The number of amides is 1. The van der Waals surface area contributed by atoms with Crippen LogP contribution in [0.15, 0.2) is 48.5 Å². The van der Waals surface area contributed by atoms with Gasteiger partial charge in [-0.15, -0.1) is 0 Å². The Bertz CT molecular complexity index is 833. The lowest BCUT2D eigenvalue weighted by Crippen LogP contribution is -2.48. The number of ether oxygens (including phenoxy) is 1. The molecular formula is C19H17F5N2O2. The van der Waals surface area contributed by atoms with Crippen LogP contribution in [0.2, 0.25) is 0 Å². The van der Waals surface area contributed by atoms with Crippen molar-refractivity contribution in [3.8, 4) is 5.75 Å². The first kappa shape index (κ1) is 19.9. The summed E-state index contributed by atoms with van der Waals surface area (Å²) in [5.41, 5.74) is -0.0701. The summed E-state index contributed by atoms with van der Waals surface area (Å²) in [5, 5.41) is 0. The lowest BCUT2D eigenvalue weighted by molar-refractivity contribution is -0.137. The van der Waals surface area contributed by atoms with Gasteiger partial charge in [-0.3, -0.25) is 4.79 Å². The van der Waals surface area contributed by atoms with Crippen LogP contribution in [0.25, 0.3) is 0 Å². The van der Waals surface area contributed by atoms with Gasteiger partial charge in [0.2, 0.25) is 0 Å². The van der Waals surface area contributed by atoms with Crippen molar-refractivity contribution >= 4 is 11.6 Å². The number of benzene rings is 2. The highest BCUT2D eigenvalue weighted by Gasteiger charge is 2.31. The second-order valence-electron chi connectivity index (χ2n) is 6.23. The molecule has 0 aliphatic carbocycles. The molecule has 0 bridgehead atoms. The van der Waals surface area contributed by atoms with E-state index < -0.39 is 18.4 Å². The number of piperazine rings is 1. The maximum atomic E-state index is 12.9. The van der Waals surface area contributed by atoms with Crippen molar-refractivity contribution in [2.45, 2.75) is 12.8 Å². The summed E-state index contributed by atoms with van der Waals surface area (Å²) < 4.78 is 67.6. The molecule has 0 atom stereocenters. The number of anilines is 1. The lowest BCUT2D eigenvalue weighted by atomic mass is 10.1. The van der Waals surface area contributed by atoms with E-state index in [-0.39, 0.29) is 17.2 Å². The van der Waals surface area contributed by atoms with Crippen molar-refractivity contribution in [1.29, 1.82) is 0 Å². The molecule has 1 heterocycles. The maximum absolute atomic E-state index is 12.9. The van der Waals surface area contributed by atoms with Gasteiger partial charge in [0.05, 0.1) is 5.56 Å². The van der Waals surface area contributed by atoms with Crippen LogP contribution in [0, 0.1) is 0 Å². The van der Waals surface area contributed by atoms with Crippen LogP contribution >= 0.6 is 0 Å². The highest BCUT2D eigenvalue weighted by Crippen LogP contribution is 2.32. The fourth-order valence-electron chi connectivity index (χ4n) is 3.03. The predicted molar refractivity (Wildman–Crippen MR) is 92.6 cm³/mol. The molecule has 4 nitrogen and oxygen atoms in total. The van der Waals surface area contributed by atoms with Crippen molar-refractivity contribution in [2.75, 3.05) is 31.1 Å². The van der Waals surface area contributed by atoms with Gasteiger partial charge in [0, 0.05) is 37.4 Å². The fraction of sp³-hybridized carbons (Fsp3) is 0.316. The molecule has 0 saturated carbocycles. The molecule has 1 amide bonds. The van der Waals surface area contributed by atoms with Crippen LogP contribution in [0.1, 0.15) is 15.9 Å². The summed E-state index contributed by atoms with van der Waals surface area (Å²) in [6.45, 7) is -1.66. The molecule has 1 saturated heterocycles. The highest BCUT2D eigenvalue weighted by molar-refractivity contribution is 5.94. The van der Waals surface area contributed by atoms with Crippen LogP contribution in [0.3, 0.4) is 0 Å². The summed E-state index contributed by atoms with van der Waals surface area (Å²) in [6, 6.07) is 10.6. The average molecular weight is 400 g/mol. The zero-order valence-corrected chi connectivity index (χ0v) is 14.6. The van der Waals surface area contributed by atoms with Gasteiger partial charge in [-0.25, -0.2) is 0 Å². The van der Waals surface area contributed by atoms with Gasteiger partial charge in [-0.05, 0) is 36.4 Å². The van der Waals surface area contributed by atoms with Gasteiger partial charge in [-0.1, -0.05) is 12.1 Å². The van der Waals surface area contributed by atoms with E-state index in [1.54, 1.807) is 11.0 Å². The molecule has 3 rings (SSSR count). The zero-order chi connectivity index (χ0) is 20.3. The van der Waals surface area contributed by atoms with Crippen molar-refractivity contribution in [3.63, 3.8) is 0 Å². The topological polar surface area (TPSA) is 32.8 Å². The third-order valence-electron chi connectivity index (χ3n) is 4.41. The lowest BCUT2D eigenvalue weighted by Gasteiger charge is -2.36. The molecule has 1 aliphatic heterocycles. The third-order valence-corrected chi connectivity index (χ3v) is 4.41. The Morgan fingerprint density at radius 1 is 0.964 bits per heavy atom. The predicted octanol–water partition coefficient (Wildman–Crippen LogP) is 4.27. The second kappa shape index (κ2) is 8.04. The summed E-state index contributed by atoms with van der Waals surface area (Å²) in [6.07, 6.45) is -4.42. The Morgan fingerprint density at radius 2 is 1.64 bits per heavy atom. The molecule has 2 aromatic carbocycles. The largest absolute Gasteiger partial charge is 0.435 e. The molecule has 0 unspecified atom stereocenters. The quantitative estimate of drug-likeness (QED) is 0.719. The number of hydrogen-bond donors (Lipinski definition) is 0. The monoisotopic (exact) mass is 400 g/mol. The molecule has 9 heteroatoms. The molecule has 1 aliphatic rings. The highest BCUT2D eigenvalue weighted by atomic mass is 19.4. The third kappa shape index (κ3) is 4.71. The molecule has 0 aromatic heterocycles. The van der Waals surface area contributed by atoms with Crippen LogP contribution in [-0.2, 0) is 6.18 Å². The molecule has 28 heavy (non-hydrogen) atoms. The molecule has 0 radical (unpaired) electrons. The number of hydrogen-bond acceptors (Lipinski definition) is 3. The molecule has 2 aromatic rings. The summed E-state index contributed by atoms with van der Waals surface area (Å²) >= 11 is 0. The Kier molecular flexibility index (Phi) is 5.71. The van der Waals surface area contributed by atoms with Gasteiger partial charge < -0.3 is 14.5 Å². The summed E-state index contributed by atoms with van der Waals surface area (Å²) in [7, 11) is 0. The van der Waals surface area contributed by atoms with E-state index in [1.165, 1.54) is 35.2 Å². The van der Waals surface area contributed by atoms with Crippen molar-refractivity contribution < 1.29 is 31.5 Å². The minimum Gasteiger partial charge on any atom is -0.435 e. The van der Waals surface area contributed by atoms with E-state index in [1.807, 2.05) is 0 Å². The Labute approximate surface area is 158 Å². The molecule has 0 spiro atoms. The minimum absolute atomic E-state index is 0.108. The summed E-state index contributed by atoms with van der Waals surface area (Å²) in [5.74, 6) is -0.452. The number of nitrogens with zero attached hydrogens (tertiary/aromatic N) is 2.